The molecule has 0 bridgehead atoms. The van der Waals surface area contributed by atoms with Crippen molar-refractivity contribution in [3.05, 3.63) is 59.5 Å². The number of halogens is 1. The van der Waals surface area contributed by atoms with Crippen molar-refractivity contribution in [2.45, 2.75) is 13.0 Å². The molecular formula is C14H14ClNO2. The number of carbonyl (C=O) groups is 1. The lowest BCUT2D eigenvalue weighted by Gasteiger charge is -2.15. The number of hydrogen-bond donors (Lipinski definition) is 1. The van der Waals surface area contributed by atoms with Gasteiger partial charge in [-0.1, -0.05) is 30.3 Å². The Bertz CT molecular complexity index is 522. The minimum absolute atomic E-state index is 0.179. The lowest BCUT2D eigenvalue weighted by atomic mass is 10.1. The molecule has 0 aliphatic rings. The summed E-state index contributed by atoms with van der Waals surface area (Å²) in [7, 11) is 0. The second-order valence-electron chi connectivity index (χ2n) is 4.04. The average Bonchev–Trinajstić information content (AvgIpc) is 2.83. The highest BCUT2D eigenvalue weighted by atomic mass is 35.5. The van der Waals surface area contributed by atoms with Crippen LogP contribution in [-0.2, 0) is 0 Å². The van der Waals surface area contributed by atoms with E-state index in [0.717, 1.165) is 5.56 Å². The molecule has 3 nitrogen and oxygen atoms in total. The van der Waals surface area contributed by atoms with Gasteiger partial charge in [-0.05, 0) is 18.6 Å². The minimum atomic E-state index is -0.199. The third-order valence-corrected chi connectivity index (χ3v) is 2.96. The maximum atomic E-state index is 12.0. The van der Waals surface area contributed by atoms with Gasteiger partial charge in [0.2, 0.25) is 0 Å². The Balaban J connectivity index is 2.10. The molecule has 4 heteroatoms. The number of aryl methyl sites for hydroxylation is 1. The minimum Gasteiger partial charge on any atom is -0.469 e. The summed E-state index contributed by atoms with van der Waals surface area (Å²) in [6, 6.07) is 11.1. The van der Waals surface area contributed by atoms with Gasteiger partial charge in [-0.2, -0.15) is 0 Å². The molecule has 1 aromatic heterocycles. The lowest BCUT2D eigenvalue weighted by Crippen LogP contribution is -2.29. The fourth-order valence-electron chi connectivity index (χ4n) is 1.70. The van der Waals surface area contributed by atoms with Crippen LogP contribution in [0.2, 0.25) is 0 Å². The van der Waals surface area contributed by atoms with Crippen LogP contribution in [0.4, 0.5) is 0 Å². The molecule has 2 aromatic rings. The van der Waals surface area contributed by atoms with Crippen LogP contribution in [0, 0.1) is 6.92 Å². The Morgan fingerprint density at radius 3 is 2.67 bits per heavy atom. The molecule has 0 aliphatic carbocycles. The van der Waals surface area contributed by atoms with Crippen LogP contribution < -0.4 is 5.32 Å². The first-order valence-electron chi connectivity index (χ1n) is 5.67. The van der Waals surface area contributed by atoms with E-state index < -0.39 is 0 Å². The first-order chi connectivity index (χ1) is 8.70. The van der Waals surface area contributed by atoms with Crippen LogP contribution in [0.1, 0.15) is 27.7 Å². The Kier molecular flexibility index (Phi) is 4.05. The molecule has 0 spiro atoms. The van der Waals surface area contributed by atoms with Gasteiger partial charge >= 0.3 is 0 Å². The van der Waals surface area contributed by atoms with E-state index in [2.05, 4.69) is 5.32 Å². The number of carbonyl (C=O) groups excluding carboxylic acids is 1. The van der Waals surface area contributed by atoms with E-state index in [9.17, 15) is 4.79 Å². The molecule has 1 amide bonds. The largest absolute Gasteiger partial charge is 0.469 e. The normalized spacial score (nSPS) is 12.1. The van der Waals surface area contributed by atoms with E-state index in [1.165, 1.54) is 6.26 Å². The van der Waals surface area contributed by atoms with Crippen molar-refractivity contribution in [2.75, 3.05) is 5.88 Å². The van der Waals surface area contributed by atoms with Crippen molar-refractivity contribution in [3.8, 4) is 0 Å². The lowest BCUT2D eigenvalue weighted by molar-refractivity contribution is 0.0939. The topological polar surface area (TPSA) is 42.2 Å². The highest BCUT2D eigenvalue weighted by molar-refractivity contribution is 6.18. The highest BCUT2D eigenvalue weighted by Gasteiger charge is 2.15. The number of amides is 1. The molecule has 1 heterocycles. The van der Waals surface area contributed by atoms with Crippen molar-refractivity contribution >= 4 is 17.5 Å². The van der Waals surface area contributed by atoms with Gasteiger partial charge in [0, 0.05) is 5.88 Å². The van der Waals surface area contributed by atoms with Crippen molar-refractivity contribution in [3.63, 3.8) is 0 Å². The standard InChI is InChI=1S/C14H14ClNO2/c1-10-7-12(9-18-10)14(17)16-13(8-15)11-5-3-2-4-6-11/h2-7,9,13H,8H2,1H3,(H,16,17). The summed E-state index contributed by atoms with van der Waals surface area (Å²) < 4.78 is 5.11. The molecule has 18 heavy (non-hydrogen) atoms. The number of hydrogen-bond acceptors (Lipinski definition) is 2. The van der Waals surface area contributed by atoms with E-state index in [1.807, 2.05) is 30.3 Å². The van der Waals surface area contributed by atoms with Crippen LogP contribution in [-0.4, -0.2) is 11.8 Å². The molecule has 0 aliphatic heterocycles. The average molecular weight is 264 g/mol. The van der Waals surface area contributed by atoms with E-state index in [1.54, 1.807) is 13.0 Å². The second kappa shape index (κ2) is 5.74. The van der Waals surface area contributed by atoms with Gasteiger partial charge in [-0.15, -0.1) is 11.6 Å². The van der Waals surface area contributed by atoms with Crippen LogP contribution in [0.3, 0.4) is 0 Å². The van der Waals surface area contributed by atoms with Gasteiger partial charge in [0.05, 0.1) is 11.6 Å². The van der Waals surface area contributed by atoms with Crippen LogP contribution in [0.5, 0.6) is 0 Å². The van der Waals surface area contributed by atoms with Crippen molar-refractivity contribution < 1.29 is 9.21 Å². The second-order valence-corrected chi connectivity index (χ2v) is 4.35. The molecule has 1 N–H and O–H groups in total. The van der Waals surface area contributed by atoms with Gasteiger partial charge in [-0.3, -0.25) is 4.79 Å². The third kappa shape index (κ3) is 2.93. The summed E-state index contributed by atoms with van der Waals surface area (Å²) in [5.74, 6) is 0.857. The summed E-state index contributed by atoms with van der Waals surface area (Å²) in [4.78, 5) is 12.0. The van der Waals surface area contributed by atoms with Gasteiger partial charge in [0.15, 0.2) is 0 Å². The van der Waals surface area contributed by atoms with Crippen molar-refractivity contribution in [1.82, 2.24) is 5.32 Å². The maximum Gasteiger partial charge on any atom is 0.255 e. The zero-order chi connectivity index (χ0) is 13.0. The quantitative estimate of drug-likeness (QED) is 0.860. The first-order valence-corrected chi connectivity index (χ1v) is 6.21. The van der Waals surface area contributed by atoms with E-state index >= 15 is 0 Å². The Labute approximate surface area is 111 Å². The predicted octanol–water partition coefficient (Wildman–Crippen LogP) is 3.30. The van der Waals surface area contributed by atoms with Crippen LogP contribution in [0.15, 0.2) is 47.1 Å². The van der Waals surface area contributed by atoms with Crippen LogP contribution >= 0.6 is 11.6 Å². The summed E-state index contributed by atoms with van der Waals surface area (Å²) in [5.41, 5.74) is 1.50. The van der Waals surface area contributed by atoms with Crippen molar-refractivity contribution in [2.24, 2.45) is 0 Å². The van der Waals surface area contributed by atoms with Crippen molar-refractivity contribution in [1.29, 1.82) is 0 Å². The summed E-state index contributed by atoms with van der Waals surface area (Å²) >= 11 is 5.90. The maximum absolute atomic E-state index is 12.0. The zero-order valence-corrected chi connectivity index (χ0v) is 10.8. The molecular weight excluding hydrogens is 250 g/mol. The summed E-state index contributed by atoms with van der Waals surface area (Å²) in [6.45, 7) is 1.80. The monoisotopic (exact) mass is 263 g/mol. The molecule has 0 saturated heterocycles. The number of alkyl halides is 1. The molecule has 1 aromatic carbocycles. The van der Waals surface area contributed by atoms with Gasteiger partial charge < -0.3 is 9.73 Å². The first kappa shape index (κ1) is 12.7. The molecule has 0 fully saturated rings. The highest BCUT2D eigenvalue weighted by Crippen LogP contribution is 2.15. The Morgan fingerprint density at radius 1 is 1.39 bits per heavy atom. The van der Waals surface area contributed by atoms with E-state index in [4.69, 9.17) is 16.0 Å². The summed E-state index contributed by atoms with van der Waals surface area (Å²) in [6.07, 6.45) is 1.45. The number of benzene rings is 1. The molecule has 0 radical (unpaired) electrons. The van der Waals surface area contributed by atoms with Gasteiger partial charge in [-0.25, -0.2) is 0 Å². The van der Waals surface area contributed by atoms with E-state index in [0.29, 0.717) is 17.2 Å². The van der Waals surface area contributed by atoms with E-state index in [-0.39, 0.29) is 11.9 Å². The molecule has 2 rings (SSSR count). The predicted molar refractivity (Wildman–Crippen MR) is 70.8 cm³/mol. The zero-order valence-electron chi connectivity index (χ0n) is 10.0. The SMILES string of the molecule is Cc1cc(C(=O)NC(CCl)c2ccccc2)co1. The van der Waals surface area contributed by atoms with Gasteiger partial charge in [0.1, 0.15) is 12.0 Å². The molecule has 94 valence electrons. The Hall–Kier alpha value is -1.74. The van der Waals surface area contributed by atoms with Crippen LogP contribution in [0.25, 0.3) is 0 Å². The number of furan rings is 1. The fourth-order valence-corrected chi connectivity index (χ4v) is 1.96. The summed E-state index contributed by atoms with van der Waals surface area (Å²) in [5, 5.41) is 2.88. The molecule has 0 saturated carbocycles. The Morgan fingerprint density at radius 2 is 2.11 bits per heavy atom. The smallest absolute Gasteiger partial charge is 0.255 e. The molecule has 1 unspecified atom stereocenters. The number of nitrogens with one attached hydrogen (secondary N) is 1. The number of rotatable bonds is 4. The fraction of sp³-hybridized carbons (Fsp3) is 0.214. The van der Waals surface area contributed by atoms with Gasteiger partial charge in [0.25, 0.3) is 5.91 Å². The third-order valence-electron chi connectivity index (χ3n) is 2.65. The molecule has 1 atom stereocenters.